The number of nitrogens with two attached hydrogens (primary N) is 1. The second-order valence-electron chi connectivity index (χ2n) is 6.04. The highest BCUT2D eigenvalue weighted by Crippen LogP contribution is 2.01. The fourth-order valence-corrected chi connectivity index (χ4v) is 2.00. The first kappa shape index (κ1) is 25.7. The molecule has 0 aliphatic heterocycles. The molecule has 0 spiro atoms. The quantitative estimate of drug-likeness (QED) is 0.143. The van der Waals surface area contributed by atoms with E-state index in [0.29, 0.717) is 0 Å². The van der Waals surface area contributed by atoms with Crippen LogP contribution in [0.3, 0.4) is 0 Å². The first-order chi connectivity index (χ1) is 13.3. The highest BCUT2D eigenvalue weighted by atomic mass is 16.4. The average Bonchev–Trinajstić information content (AvgIpc) is 2.60. The number of hydrogen-bond donors (Lipinski definition) is 8. The zero-order chi connectivity index (χ0) is 22.7. The van der Waals surface area contributed by atoms with Crippen LogP contribution in [0.15, 0.2) is 0 Å². The van der Waals surface area contributed by atoms with Gasteiger partial charge in [0.15, 0.2) is 0 Å². The van der Waals surface area contributed by atoms with E-state index in [1.54, 1.807) is 0 Å². The smallest absolute Gasteiger partial charge is 0.322 e. The molecule has 0 heterocycles. The predicted molar refractivity (Wildman–Crippen MR) is 93.3 cm³/mol. The summed E-state index contributed by atoms with van der Waals surface area (Å²) in [5.41, 5.74) is 5.50. The Hall–Kier alpha value is -3.26. The predicted octanol–water partition coefficient (Wildman–Crippen LogP) is -3.80. The summed E-state index contributed by atoms with van der Waals surface area (Å²) in [6.45, 7) is 0.337. The van der Waals surface area contributed by atoms with Crippen molar-refractivity contribution in [3.05, 3.63) is 0 Å². The molecule has 0 aromatic rings. The molecule has 0 bridgehead atoms. The van der Waals surface area contributed by atoms with Crippen LogP contribution < -0.4 is 21.7 Å². The van der Waals surface area contributed by atoms with Crippen LogP contribution in [-0.4, -0.2) is 86.8 Å². The van der Waals surface area contributed by atoms with Crippen LogP contribution in [0.1, 0.15) is 26.2 Å². The minimum Gasteiger partial charge on any atom is -0.481 e. The van der Waals surface area contributed by atoms with Crippen molar-refractivity contribution < 1.29 is 49.2 Å². The number of carboxylic acid groups (broad SMARTS) is 3. The van der Waals surface area contributed by atoms with Crippen molar-refractivity contribution in [2.45, 2.75) is 50.4 Å². The van der Waals surface area contributed by atoms with Crippen molar-refractivity contribution in [3.8, 4) is 0 Å². The summed E-state index contributed by atoms with van der Waals surface area (Å²) in [5, 5.41) is 41.7. The number of nitrogens with one attached hydrogen (secondary N) is 3. The number of aliphatic carboxylic acids is 3. The molecule has 0 aromatic heterocycles. The number of carbonyl (C=O) groups excluding carboxylic acids is 3. The van der Waals surface area contributed by atoms with Gasteiger partial charge >= 0.3 is 17.9 Å². The van der Waals surface area contributed by atoms with Crippen LogP contribution in [0.5, 0.6) is 0 Å². The second-order valence-corrected chi connectivity index (χ2v) is 6.04. The van der Waals surface area contributed by atoms with Crippen molar-refractivity contribution in [2.75, 3.05) is 6.54 Å². The lowest BCUT2D eigenvalue weighted by molar-refractivity contribution is -0.142. The molecule has 0 aliphatic carbocycles. The molecule has 4 unspecified atom stereocenters. The molecule has 164 valence electrons. The second kappa shape index (κ2) is 12.2. The van der Waals surface area contributed by atoms with Crippen LogP contribution >= 0.6 is 0 Å². The van der Waals surface area contributed by atoms with Gasteiger partial charge in [0.2, 0.25) is 17.7 Å². The third kappa shape index (κ3) is 10.6. The van der Waals surface area contributed by atoms with E-state index in [1.165, 1.54) is 0 Å². The van der Waals surface area contributed by atoms with Gasteiger partial charge in [0.05, 0.1) is 18.6 Å². The lowest BCUT2D eigenvalue weighted by atomic mass is 10.1. The Morgan fingerprint density at radius 1 is 0.862 bits per heavy atom. The van der Waals surface area contributed by atoms with Gasteiger partial charge in [0.1, 0.15) is 18.6 Å². The summed E-state index contributed by atoms with van der Waals surface area (Å²) in [4.78, 5) is 68.2. The van der Waals surface area contributed by atoms with E-state index < -0.39 is 79.2 Å². The molecule has 0 radical (unpaired) electrons. The van der Waals surface area contributed by atoms with Gasteiger partial charge in [-0.25, -0.2) is 0 Å². The Balaban J connectivity index is 5.18. The first-order valence-corrected chi connectivity index (χ1v) is 8.32. The molecule has 0 aromatic carbocycles. The molecular formula is C15H24N4O10. The van der Waals surface area contributed by atoms with Crippen LogP contribution in [-0.2, 0) is 28.8 Å². The van der Waals surface area contributed by atoms with Crippen LogP contribution in [0.2, 0.25) is 0 Å². The largest absolute Gasteiger partial charge is 0.481 e. The van der Waals surface area contributed by atoms with E-state index in [9.17, 15) is 33.9 Å². The van der Waals surface area contributed by atoms with Crippen molar-refractivity contribution >= 4 is 35.6 Å². The molecule has 0 rings (SSSR count). The number of hydrogen-bond acceptors (Lipinski definition) is 8. The molecule has 0 fully saturated rings. The summed E-state index contributed by atoms with van der Waals surface area (Å²) in [5.74, 6) is -7.25. The van der Waals surface area contributed by atoms with E-state index in [4.69, 9.17) is 21.1 Å². The number of amides is 3. The summed E-state index contributed by atoms with van der Waals surface area (Å²) in [6, 6.07) is -4.65. The molecule has 0 aliphatic rings. The summed E-state index contributed by atoms with van der Waals surface area (Å²) in [7, 11) is 0. The normalized spacial score (nSPS) is 14.6. The van der Waals surface area contributed by atoms with Gasteiger partial charge in [-0.2, -0.15) is 0 Å². The molecular weight excluding hydrogens is 396 g/mol. The van der Waals surface area contributed by atoms with Gasteiger partial charge < -0.3 is 42.1 Å². The standard InChI is InChI=1S/C15H24N4O10/c1-6(20)12(15(29)17-5-11(25)26)19-14(28)8(4-10(23)24)18-13(27)7(16)2-3-9(21)22/h6-8,12,20H,2-5,16H2,1H3,(H,17,29)(H,18,27)(H,19,28)(H,21,22)(H,23,24)(H,25,26). The summed E-state index contributed by atoms with van der Waals surface area (Å²) < 4.78 is 0. The van der Waals surface area contributed by atoms with Crippen LogP contribution in [0.4, 0.5) is 0 Å². The molecule has 14 heteroatoms. The molecule has 0 saturated heterocycles. The zero-order valence-corrected chi connectivity index (χ0v) is 15.5. The van der Waals surface area contributed by atoms with Gasteiger partial charge in [-0.05, 0) is 13.3 Å². The van der Waals surface area contributed by atoms with Crippen molar-refractivity contribution in [1.29, 1.82) is 0 Å². The van der Waals surface area contributed by atoms with Gasteiger partial charge in [0, 0.05) is 6.42 Å². The fourth-order valence-electron chi connectivity index (χ4n) is 2.00. The molecule has 3 amide bonds. The van der Waals surface area contributed by atoms with E-state index in [2.05, 4.69) is 0 Å². The molecule has 0 saturated carbocycles. The number of rotatable bonds is 13. The van der Waals surface area contributed by atoms with Crippen molar-refractivity contribution in [3.63, 3.8) is 0 Å². The molecule has 4 atom stereocenters. The average molecular weight is 420 g/mol. The van der Waals surface area contributed by atoms with Gasteiger partial charge in [-0.3, -0.25) is 28.8 Å². The Kier molecular flexibility index (Phi) is 10.9. The van der Waals surface area contributed by atoms with Crippen molar-refractivity contribution in [1.82, 2.24) is 16.0 Å². The number of carbonyl (C=O) groups is 6. The van der Waals surface area contributed by atoms with Crippen LogP contribution in [0.25, 0.3) is 0 Å². The Labute approximate surface area is 164 Å². The molecule has 14 nitrogen and oxygen atoms in total. The van der Waals surface area contributed by atoms with Crippen LogP contribution in [0, 0.1) is 0 Å². The number of carboxylic acids is 3. The van der Waals surface area contributed by atoms with Gasteiger partial charge in [-0.1, -0.05) is 0 Å². The summed E-state index contributed by atoms with van der Waals surface area (Å²) >= 11 is 0. The van der Waals surface area contributed by atoms with Crippen molar-refractivity contribution in [2.24, 2.45) is 5.73 Å². The summed E-state index contributed by atoms with van der Waals surface area (Å²) in [6.07, 6.45) is -3.08. The third-order valence-electron chi connectivity index (χ3n) is 3.49. The first-order valence-electron chi connectivity index (χ1n) is 8.32. The lowest BCUT2D eigenvalue weighted by Crippen LogP contribution is -2.59. The maximum absolute atomic E-state index is 12.3. The lowest BCUT2D eigenvalue weighted by Gasteiger charge is -2.24. The highest BCUT2D eigenvalue weighted by Gasteiger charge is 2.31. The van der Waals surface area contributed by atoms with E-state index >= 15 is 0 Å². The zero-order valence-electron chi connectivity index (χ0n) is 15.5. The minimum atomic E-state index is -1.69. The monoisotopic (exact) mass is 420 g/mol. The third-order valence-corrected chi connectivity index (χ3v) is 3.49. The van der Waals surface area contributed by atoms with Gasteiger partial charge in [0.25, 0.3) is 0 Å². The topological polar surface area (TPSA) is 245 Å². The molecule has 29 heavy (non-hydrogen) atoms. The highest BCUT2D eigenvalue weighted by molar-refractivity contribution is 5.95. The Morgan fingerprint density at radius 3 is 1.90 bits per heavy atom. The maximum Gasteiger partial charge on any atom is 0.322 e. The SMILES string of the molecule is CC(O)C(NC(=O)C(CC(=O)O)NC(=O)C(N)CCC(=O)O)C(=O)NCC(=O)O. The molecule has 9 N–H and O–H groups in total. The number of aliphatic hydroxyl groups excluding tert-OH is 1. The van der Waals surface area contributed by atoms with Gasteiger partial charge in [-0.15, -0.1) is 0 Å². The Morgan fingerprint density at radius 2 is 1.45 bits per heavy atom. The Bertz CT molecular complexity index is 651. The number of aliphatic hydroxyl groups is 1. The maximum atomic E-state index is 12.3. The van der Waals surface area contributed by atoms with E-state index in [-0.39, 0.29) is 6.42 Å². The van der Waals surface area contributed by atoms with E-state index in [0.717, 1.165) is 6.92 Å². The fraction of sp³-hybridized carbons (Fsp3) is 0.600. The minimum absolute atomic E-state index is 0.267. The van der Waals surface area contributed by atoms with E-state index in [1.807, 2.05) is 16.0 Å².